The molecule has 0 saturated heterocycles. The number of rotatable bonds is 2. The molecule has 7 heteroatoms. The molecule has 0 fully saturated rings. The topological polar surface area (TPSA) is 104 Å². The van der Waals surface area contributed by atoms with Gasteiger partial charge in [0, 0.05) is 5.69 Å². The highest BCUT2D eigenvalue weighted by molar-refractivity contribution is 6.02. The highest BCUT2D eigenvalue weighted by Crippen LogP contribution is 2.26. The zero-order valence-electron chi connectivity index (χ0n) is 11.0. The molecule has 0 aliphatic heterocycles. The predicted octanol–water partition coefficient (Wildman–Crippen LogP) is 0.640. The second-order valence-electron chi connectivity index (χ2n) is 4.68. The smallest absolute Gasteiger partial charge is 0.297 e. The molecule has 0 unspecified atom stereocenters. The highest BCUT2D eigenvalue weighted by atomic mass is 16.3. The largest absolute Gasteiger partial charge is 0.430 e. The first kappa shape index (κ1) is 12.3. The van der Waals surface area contributed by atoms with Crippen molar-refractivity contribution in [3.05, 3.63) is 34.0 Å². The molecule has 3 aromatic rings. The maximum atomic E-state index is 12.2. The number of furan rings is 1. The van der Waals surface area contributed by atoms with Crippen molar-refractivity contribution in [3.63, 3.8) is 0 Å². The van der Waals surface area contributed by atoms with Crippen molar-refractivity contribution in [1.82, 2.24) is 14.5 Å². The number of primary amides is 1. The molecule has 0 aliphatic carbocycles. The normalized spacial score (nSPS) is 11.3. The van der Waals surface area contributed by atoms with Crippen LogP contribution in [-0.4, -0.2) is 20.4 Å². The summed E-state index contributed by atoms with van der Waals surface area (Å²) >= 11 is 0. The van der Waals surface area contributed by atoms with Crippen LogP contribution < -0.4 is 11.3 Å². The standard InChI is InChI=1S/C13H12N4O3/c1-6-3-7(2)16-12-9(6)10-11(20-12)13(19)17(5-15-10)4-8(14)18/h3,5H,4H2,1-2H3,(H2,14,18). The van der Waals surface area contributed by atoms with E-state index >= 15 is 0 Å². The van der Waals surface area contributed by atoms with Gasteiger partial charge in [-0.25, -0.2) is 9.97 Å². The monoisotopic (exact) mass is 272 g/mol. The number of aryl methyl sites for hydroxylation is 2. The molecule has 7 nitrogen and oxygen atoms in total. The number of pyridine rings is 1. The summed E-state index contributed by atoms with van der Waals surface area (Å²) in [6.45, 7) is 3.52. The Kier molecular flexibility index (Phi) is 2.56. The lowest BCUT2D eigenvalue weighted by atomic mass is 10.1. The van der Waals surface area contributed by atoms with Gasteiger partial charge in [-0.1, -0.05) is 0 Å². The van der Waals surface area contributed by atoms with E-state index in [1.165, 1.54) is 6.33 Å². The Labute approximate surface area is 113 Å². The van der Waals surface area contributed by atoms with Crippen LogP contribution in [-0.2, 0) is 11.3 Å². The van der Waals surface area contributed by atoms with Crippen LogP contribution in [0.4, 0.5) is 0 Å². The summed E-state index contributed by atoms with van der Waals surface area (Å²) in [5.41, 5.74) is 7.30. The lowest BCUT2D eigenvalue weighted by molar-refractivity contribution is -0.118. The maximum absolute atomic E-state index is 12.2. The van der Waals surface area contributed by atoms with Crippen LogP contribution in [0.3, 0.4) is 0 Å². The van der Waals surface area contributed by atoms with Crippen LogP contribution in [0.5, 0.6) is 0 Å². The van der Waals surface area contributed by atoms with Crippen molar-refractivity contribution in [2.45, 2.75) is 20.4 Å². The molecule has 2 N–H and O–H groups in total. The Morgan fingerprint density at radius 1 is 1.45 bits per heavy atom. The molecule has 3 aromatic heterocycles. The minimum absolute atomic E-state index is 0.0879. The maximum Gasteiger partial charge on any atom is 0.297 e. The molecule has 0 atom stereocenters. The fraction of sp³-hybridized carbons (Fsp3) is 0.231. The lowest BCUT2D eigenvalue weighted by Gasteiger charge is -2.00. The SMILES string of the molecule is Cc1cc(C)c2c(n1)oc1c(=O)n(CC(N)=O)cnc12. The molecule has 0 spiro atoms. The summed E-state index contributed by atoms with van der Waals surface area (Å²) in [5.74, 6) is -0.616. The van der Waals surface area contributed by atoms with Crippen LogP contribution in [0.1, 0.15) is 11.3 Å². The Morgan fingerprint density at radius 3 is 2.90 bits per heavy atom. The minimum atomic E-state index is -0.616. The van der Waals surface area contributed by atoms with Crippen LogP contribution in [0.15, 0.2) is 21.6 Å². The van der Waals surface area contributed by atoms with Gasteiger partial charge in [0.05, 0.1) is 11.7 Å². The average Bonchev–Trinajstić information content (AvgIpc) is 2.71. The van der Waals surface area contributed by atoms with Crippen LogP contribution >= 0.6 is 0 Å². The Morgan fingerprint density at radius 2 is 2.20 bits per heavy atom. The zero-order valence-corrected chi connectivity index (χ0v) is 11.0. The van der Waals surface area contributed by atoms with E-state index in [2.05, 4.69) is 9.97 Å². The molecule has 0 aromatic carbocycles. The van der Waals surface area contributed by atoms with Crippen LogP contribution in [0.2, 0.25) is 0 Å². The Bertz CT molecular complexity index is 907. The number of nitrogens with zero attached hydrogens (tertiary/aromatic N) is 3. The number of carbonyl (C=O) groups is 1. The summed E-state index contributed by atoms with van der Waals surface area (Å²) in [6.07, 6.45) is 1.30. The van der Waals surface area contributed by atoms with Gasteiger partial charge < -0.3 is 10.2 Å². The number of fused-ring (bicyclic) bond motifs is 3. The molecule has 3 heterocycles. The molecule has 0 radical (unpaired) electrons. The molecular weight excluding hydrogens is 260 g/mol. The lowest BCUT2D eigenvalue weighted by Crippen LogP contribution is -2.27. The van der Waals surface area contributed by atoms with Gasteiger partial charge in [-0.15, -0.1) is 0 Å². The number of hydrogen-bond donors (Lipinski definition) is 1. The summed E-state index contributed by atoms with van der Waals surface area (Å²) in [5, 5.41) is 0.717. The molecule has 20 heavy (non-hydrogen) atoms. The third kappa shape index (κ3) is 1.75. The van der Waals surface area contributed by atoms with Crippen molar-refractivity contribution < 1.29 is 9.21 Å². The van der Waals surface area contributed by atoms with E-state index in [1.54, 1.807) is 0 Å². The van der Waals surface area contributed by atoms with E-state index in [0.29, 0.717) is 16.6 Å². The Balaban J connectivity index is 2.39. The zero-order chi connectivity index (χ0) is 14.4. The van der Waals surface area contributed by atoms with Gasteiger partial charge in [0.1, 0.15) is 12.1 Å². The third-order valence-electron chi connectivity index (χ3n) is 3.07. The van der Waals surface area contributed by atoms with Crippen molar-refractivity contribution in [3.8, 4) is 0 Å². The summed E-state index contributed by atoms with van der Waals surface area (Å²) in [6, 6.07) is 1.90. The van der Waals surface area contributed by atoms with E-state index in [1.807, 2.05) is 19.9 Å². The first-order valence-corrected chi connectivity index (χ1v) is 6.01. The molecule has 0 bridgehead atoms. The van der Waals surface area contributed by atoms with Gasteiger partial charge >= 0.3 is 0 Å². The summed E-state index contributed by atoms with van der Waals surface area (Å²) in [4.78, 5) is 31.6. The van der Waals surface area contributed by atoms with Crippen LogP contribution in [0, 0.1) is 13.8 Å². The van der Waals surface area contributed by atoms with E-state index in [9.17, 15) is 9.59 Å². The van der Waals surface area contributed by atoms with Crippen molar-refractivity contribution in [2.75, 3.05) is 0 Å². The van der Waals surface area contributed by atoms with E-state index in [0.717, 1.165) is 15.8 Å². The first-order valence-electron chi connectivity index (χ1n) is 6.01. The fourth-order valence-electron chi connectivity index (χ4n) is 2.28. The van der Waals surface area contributed by atoms with Gasteiger partial charge in [0.2, 0.25) is 17.2 Å². The second kappa shape index (κ2) is 4.16. The van der Waals surface area contributed by atoms with E-state index in [-0.39, 0.29) is 12.1 Å². The van der Waals surface area contributed by atoms with Gasteiger partial charge in [0.15, 0.2) is 0 Å². The van der Waals surface area contributed by atoms with Gasteiger partial charge in [0.25, 0.3) is 5.56 Å². The van der Waals surface area contributed by atoms with Crippen molar-refractivity contribution in [2.24, 2.45) is 5.73 Å². The van der Waals surface area contributed by atoms with E-state index < -0.39 is 11.5 Å². The number of amides is 1. The summed E-state index contributed by atoms with van der Waals surface area (Å²) < 4.78 is 6.63. The van der Waals surface area contributed by atoms with Gasteiger partial charge in [-0.3, -0.25) is 14.2 Å². The molecule has 0 aliphatic rings. The first-order chi connectivity index (χ1) is 9.47. The van der Waals surface area contributed by atoms with Gasteiger partial charge in [-0.05, 0) is 25.5 Å². The fourth-order valence-corrected chi connectivity index (χ4v) is 2.28. The quantitative estimate of drug-likeness (QED) is 0.737. The van der Waals surface area contributed by atoms with Crippen molar-refractivity contribution >= 4 is 28.1 Å². The van der Waals surface area contributed by atoms with E-state index in [4.69, 9.17) is 10.2 Å². The molecule has 102 valence electrons. The van der Waals surface area contributed by atoms with Gasteiger partial charge in [-0.2, -0.15) is 0 Å². The van der Waals surface area contributed by atoms with Crippen molar-refractivity contribution in [1.29, 1.82) is 0 Å². The molecule has 3 rings (SSSR count). The number of nitrogens with two attached hydrogens (primary N) is 1. The predicted molar refractivity (Wildman–Crippen MR) is 72.2 cm³/mol. The molecule has 1 amide bonds. The second-order valence-corrected chi connectivity index (χ2v) is 4.68. The molecular formula is C13H12N4O3. The highest BCUT2D eigenvalue weighted by Gasteiger charge is 2.16. The number of aromatic nitrogens is 3. The van der Waals surface area contributed by atoms with Crippen LogP contribution in [0.25, 0.3) is 22.2 Å². The third-order valence-corrected chi connectivity index (χ3v) is 3.07. The minimum Gasteiger partial charge on any atom is -0.430 e. The average molecular weight is 272 g/mol. The molecule has 0 saturated carbocycles. The number of hydrogen-bond acceptors (Lipinski definition) is 5. The number of carbonyl (C=O) groups excluding carboxylic acids is 1. The Hall–Kier alpha value is -2.70. The summed E-state index contributed by atoms with van der Waals surface area (Å²) in [7, 11) is 0.